The predicted molar refractivity (Wildman–Crippen MR) is 122 cm³/mol. The van der Waals surface area contributed by atoms with E-state index >= 15 is 0 Å². The Morgan fingerprint density at radius 2 is 1.69 bits per heavy atom. The number of ketones is 1. The number of anilines is 1. The van der Waals surface area contributed by atoms with Crippen LogP contribution in [0.15, 0.2) is 66.7 Å². The van der Waals surface area contributed by atoms with Gasteiger partial charge < -0.3 is 15.4 Å². The van der Waals surface area contributed by atoms with Crippen LogP contribution in [0.3, 0.4) is 0 Å². The van der Waals surface area contributed by atoms with Gasteiger partial charge in [0.2, 0.25) is 5.91 Å². The molecule has 0 aliphatic carbocycles. The van der Waals surface area contributed by atoms with Gasteiger partial charge in [0.05, 0.1) is 12.8 Å². The van der Waals surface area contributed by atoms with Crippen LogP contribution in [0.1, 0.15) is 31.8 Å². The third-order valence-corrected chi connectivity index (χ3v) is 5.66. The molecule has 1 atom stereocenters. The zero-order chi connectivity index (χ0) is 22.7. The molecule has 162 valence electrons. The van der Waals surface area contributed by atoms with E-state index in [4.69, 9.17) is 16.3 Å². The van der Waals surface area contributed by atoms with Crippen molar-refractivity contribution < 1.29 is 19.1 Å². The second-order valence-electron chi connectivity index (χ2n) is 7.53. The average Bonchev–Trinajstić information content (AvgIpc) is 2.81. The minimum Gasteiger partial charge on any atom is -0.497 e. The molecule has 0 fully saturated rings. The van der Waals surface area contributed by atoms with Crippen LogP contribution in [0.5, 0.6) is 5.75 Å². The number of rotatable bonds is 6. The van der Waals surface area contributed by atoms with Crippen LogP contribution in [0.2, 0.25) is 5.02 Å². The van der Waals surface area contributed by atoms with Crippen LogP contribution < -0.4 is 15.4 Å². The molecule has 4 rings (SSSR count). The Bertz CT molecular complexity index is 1170. The maximum atomic E-state index is 13.1. The summed E-state index contributed by atoms with van der Waals surface area (Å²) in [7, 11) is 1.59. The molecule has 0 bridgehead atoms. The summed E-state index contributed by atoms with van der Waals surface area (Å²) >= 11 is 5.91. The van der Waals surface area contributed by atoms with Crippen molar-refractivity contribution in [1.82, 2.24) is 5.32 Å². The number of fused-ring (bicyclic) bond motifs is 1. The van der Waals surface area contributed by atoms with Crippen molar-refractivity contribution in [1.29, 1.82) is 0 Å². The molecule has 3 aromatic rings. The molecule has 2 amide bonds. The van der Waals surface area contributed by atoms with Gasteiger partial charge in [0.25, 0.3) is 5.91 Å². The lowest BCUT2D eigenvalue weighted by Gasteiger charge is -2.24. The summed E-state index contributed by atoms with van der Waals surface area (Å²) in [5.74, 6) is -1.08. The summed E-state index contributed by atoms with van der Waals surface area (Å²) in [5.41, 5.74) is 2.86. The Kier molecular flexibility index (Phi) is 6.23. The molecule has 0 aromatic heterocycles. The van der Waals surface area contributed by atoms with Gasteiger partial charge in [-0.1, -0.05) is 35.9 Å². The molecule has 0 saturated heterocycles. The van der Waals surface area contributed by atoms with Gasteiger partial charge in [-0.25, -0.2) is 0 Å². The van der Waals surface area contributed by atoms with E-state index in [0.717, 1.165) is 16.9 Å². The number of nitrogens with one attached hydrogen (secondary N) is 2. The van der Waals surface area contributed by atoms with Crippen molar-refractivity contribution in [2.45, 2.75) is 13.0 Å². The Morgan fingerprint density at radius 1 is 1.00 bits per heavy atom. The van der Waals surface area contributed by atoms with E-state index in [9.17, 15) is 14.4 Å². The number of Topliss-reactive ketones (excluding diaryl/α,β-unsaturated/α-hetero) is 1. The third-order valence-electron chi connectivity index (χ3n) is 5.40. The minimum absolute atomic E-state index is 0.259. The number of carbonyl (C=O) groups excluding carboxylic acids is 3. The fraction of sp³-hybridized carbons (Fsp3) is 0.160. The molecule has 1 heterocycles. The molecule has 7 heteroatoms. The minimum atomic E-state index is -0.860. The molecule has 0 saturated carbocycles. The first-order chi connectivity index (χ1) is 15.4. The summed E-state index contributed by atoms with van der Waals surface area (Å²) in [4.78, 5) is 38.3. The first kappa shape index (κ1) is 21.6. The number of hydrogen-bond donors (Lipinski definition) is 2. The molecule has 0 spiro atoms. The lowest BCUT2D eigenvalue weighted by molar-refractivity contribution is -0.118. The van der Waals surface area contributed by atoms with Crippen molar-refractivity contribution in [2.75, 3.05) is 12.4 Å². The second kappa shape index (κ2) is 9.24. The van der Waals surface area contributed by atoms with Crippen LogP contribution >= 0.6 is 11.6 Å². The topological polar surface area (TPSA) is 84.5 Å². The van der Waals surface area contributed by atoms with Gasteiger partial charge in [0.15, 0.2) is 5.78 Å². The van der Waals surface area contributed by atoms with E-state index in [1.807, 2.05) is 24.3 Å². The maximum absolute atomic E-state index is 13.1. The Labute approximate surface area is 190 Å². The molecular formula is C25H21ClN2O4. The van der Waals surface area contributed by atoms with Crippen LogP contribution in [0.25, 0.3) is 0 Å². The number of carbonyl (C=O) groups is 3. The van der Waals surface area contributed by atoms with E-state index in [0.29, 0.717) is 28.4 Å². The van der Waals surface area contributed by atoms with Gasteiger partial charge in [-0.3, -0.25) is 14.4 Å². The predicted octanol–water partition coefficient (Wildman–Crippen LogP) is 4.27. The number of ether oxygens (including phenoxy) is 1. The highest BCUT2D eigenvalue weighted by atomic mass is 35.5. The molecule has 0 radical (unpaired) electrons. The van der Waals surface area contributed by atoms with Crippen molar-refractivity contribution in [3.8, 4) is 5.75 Å². The first-order valence-electron chi connectivity index (χ1n) is 10.1. The van der Waals surface area contributed by atoms with Crippen molar-refractivity contribution in [2.24, 2.45) is 5.92 Å². The quantitative estimate of drug-likeness (QED) is 0.551. The summed E-state index contributed by atoms with van der Waals surface area (Å²) in [6.45, 7) is 0.337. The summed E-state index contributed by atoms with van der Waals surface area (Å²) in [6.07, 6.45) is 0.259. The van der Waals surface area contributed by atoms with E-state index in [-0.39, 0.29) is 24.0 Å². The molecule has 6 nitrogen and oxygen atoms in total. The highest BCUT2D eigenvalue weighted by Gasteiger charge is 2.34. The molecule has 1 aliphatic heterocycles. The highest BCUT2D eigenvalue weighted by molar-refractivity contribution is 6.30. The largest absolute Gasteiger partial charge is 0.497 e. The average molecular weight is 449 g/mol. The van der Waals surface area contributed by atoms with E-state index in [1.165, 1.54) is 6.07 Å². The van der Waals surface area contributed by atoms with Gasteiger partial charge in [-0.05, 0) is 60.0 Å². The molecule has 1 unspecified atom stereocenters. The molecule has 2 N–H and O–H groups in total. The lowest BCUT2D eigenvalue weighted by Crippen LogP contribution is -2.37. The number of hydrogen-bond acceptors (Lipinski definition) is 4. The molecule has 1 aliphatic rings. The lowest BCUT2D eigenvalue weighted by atomic mass is 9.86. The maximum Gasteiger partial charge on any atom is 0.251 e. The van der Waals surface area contributed by atoms with E-state index < -0.39 is 5.92 Å². The normalized spacial score (nSPS) is 15.0. The van der Waals surface area contributed by atoms with Gasteiger partial charge in [-0.15, -0.1) is 0 Å². The van der Waals surface area contributed by atoms with Crippen molar-refractivity contribution in [3.05, 3.63) is 94.0 Å². The van der Waals surface area contributed by atoms with Crippen LogP contribution in [0.4, 0.5) is 5.69 Å². The summed E-state index contributed by atoms with van der Waals surface area (Å²) < 4.78 is 5.13. The van der Waals surface area contributed by atoms with Gasteiger partial charge in [0, 0.05) is 22.7 Å². The number of methoxy groups -OCH3 is 1. The Morgan fingerprint density at radius 3 is 2.38 bits per heavy atom. The van der Waals surface area contributed by atoms with Gasteiger partial charge in [-0.2, -0.15) is 0 Å². The second-order valence-corrected chi connectivity index (χ2v) is 7.96. The summed E-state index contributed by atoms with van der Waals surface area (Å²) in [5, 5.41) is 6.21. The summed E-state index contributed by atoms with van der Waals surface area (Å²) in [6, 6.07) is 19.1. The Balaban J connectivity index is 1.48. The smallest absolute Gasteiger partial charge is 0.251 e. The monoisotopic (exact) mass is 448 g/mol. The van der Waals surface area contributed by atoms with Crippen LogP contribution in [0, 0.1) is 5.92 Å². The fourth-order valence-electron chi connectivity index (χ4n) is 3.59. The van der Waals surface area contributed by atoms with E-state index in [1.54, 1.807) is 43.5 Å². The number of halogens is 1. The number of amides is 2. The first-order valence-corrected chi connectivity index (χ1v) is 10.5. The highest BCUT2D eigenvalue weighted by Crippen LogP contribution is 2.29. The van der Waals surface area contributed by atoms with E-state index in [2.05, 4.69) is 10.6 Å². The third kappa shape index (κ3) is 4.65. The van der Waals surface area contributed by atoms with Crippen LogP contribution in [-0.2, 0) is 17.8 Å². The molecule has 32 heavy (non-hydrogen) atoms. The van der Waals surface area contributed by atoms with Crippen molar-refractivity contribution >= 4 is 34.9 Å². The van der Waals surface area contributed by atoms with Gasteiger partial charge in [0.1, 0.15) is 11.7 Å². The SMILES string of the molecule is COc1ccc(CNC(=O)c2ccc3c(c2)C(=O)C(Cc2ccc(Cl)cc2)C(=O)N3)cc1. The van der Waals surface area contributed by atoms with Gasteiger partial charge >= 0.3 is 0 Å². The Hall–Kier alpha value is -3.64. The zero-order valence-electron chi connectivity index (χ0n) is 17.4. The van der Waals surface area contributed by atoms with Crippen LogP contribution in [-0.4, -0.2) is 24.7 Å². The molecule has 3 aromatic carbocycles. The fourth-order valence-corrected chi connectivity index (χ4v) is 3.72. The number of benzene rings is 3. The molecular weight excluding hydrogens is 428 g/mol. The van der Waals surface area contributed by atoms with Crippen molar-refractivity contribution in [3.63, 3.8) is 0 Å². The standard InChI is InChI=1S/C25H21ClN2O4/c1-32-19-9-4-16(5-10-19)14-27-24(30)17-6-11-22-20(13-17)23(29)21(25(31)28-22)12-15-2-7-18(26)8-3-15/h2-11,13,21H,12,14H2,1H3,(H,27,30)(H,28,31). The zero-order valence-corrected chi connectivity index (χ0v) is 18.1.